The zero-order chi connectivity index (χ0) is 23.7. The first-order chi connectivity index (χ1) is 16.5. The van der Waals surface area contributed by atoms with Crippen LogP contribution >= 0.6 is 0 Å². The molecule has 0 spiro atoms. The monoisotopic (exact) mass is 458 g/mol. The molecule has 5 rings (SSSR count). The van der Waals surface area contributed by atoms with E-state index in [-0.39, 0.29) is 6.10 Å². The summed E-state index contributed by atoms with van der Waals surface area (Å²) in [4.78, 5) is 14.3. The summed E-state index contributed by atoms with van der Waals surface area (Å²) in [5.74, 6) is 0. The molecule has 3 aromatic rings. The summed E-state index contributed by atoms with van der Waals surface area (Å²) in [6.45, 7) is 6.80. The molecule has 7 heteroatoms. The quantitative estimate of drug-likeness (QED) is 0.531. The molecule has 2 fully saturated rings. The van der Waals surface area contributed by atoms with Crippen LogP contribution in [0.1, 0.15) is 44.7 Å². The molecular weight excluding hydrogens is 428 g/mol. The number of carbonyl (C=O) groups excluding carboxylic acids is 1. The highest BCUT2D eigenvalue weighted by Crippen LogP contribution is 2.43. The topological polar surface area (TPSA) is 79.5 Å². The van der Waals surface area contributed by atoms with Crippen molar-refractivity contribution in [2.75, 3.05) is 36.5 Å². The van der Waals surface area contributed by atoms with Crippen LogP contribution in [0.5, 0.6) is 0 Å². The number of nitrogens with one attached hydrogen (secondary N) is 1. The molecule has 1 aliphatic heterocycles. The van der Waals surface area contributed by atoms with Crippen LogP contribution in [0.2, 0.25) is 0 Å². The third kappa shape index (κ3) is 4.22. The Kier molecular flexibility index (Phi) is 6.16. The van der Waals surface area contributed by atoms with Gasteiger partial charge in [0.1, 0.15) is 6.07 Å². The average molecular weight is 459 g/mol. The number of anilines is 2. The highest BCUT2D eigenvalue weighted by Gasteiger charge is 2.28. The van der Waals surface area contributed by atoms with Gasteiger partial charge in [-0.15, -0.1) is 0 Å². The van der Waals surface area contributed by atoms with E-state index in [4.69, 9.17) is 9.47 Å². The first-order valence-corrected chi connectivity index (χ1v) is 12.0. The third-order valence-corrected chi connectivity index (χ3v) is 6.66. The Bertz CT molecular complexity index is 1230. The minimum Gasteiger partial charge on any atom is -0.447 e. The molecule has 0 bridgehead atoms. The van der Waals surface area contributed by atoms with Crippen molar-refractivity contribution >= 4 is 28.4 Å². The number of aromatic nitrogens is 1. The first kappa shape index (κ1) is 22.3. The Balaban J connectivity index is 1.55. The number of hydrogen-bond acceptors (Lipinski definition) is 5. The number of rotatable bonds is 5. The molecule has 1 amide bonds. The lowest BCUT2D eigenvalue weighted by atomic mass is 9.92. The molecule has 0 atom stereocenters. The smallest absolute Gasteiger partial charge is 0.411 e. The van der Waals surface area contributed by atoms with Crippen molar-refractivity contribution < 1.29 is 14.3 Å². The lowest BCUT2D eigenvalue weighted by Crippen LogP contribution is -2.36. The number of hydrogen-bond donors (Lipinski definition) is 1. The third-order valence-electron chi connectivity index (χ3n) is 6.66. The largest absolute Gasteiger partial charge is 0.447 e. The molecule has 1 saturated heterocycles. The molecule has 1 aliphatic carbocycles. The van der Waals surface area contributed by atoms with Crippen LogP contribution in [0.15, 0.2) is 42.5 Å². The Morgan fingerprint density at radius 2 is 1.88 bits per heavy atom. The molecule has 1 N–H and O–H groups in total. The Morgan fingerprint density at radius 1 is 1.15 bits per heavy atom. The zero-order valence-electron chi connectivity index (χ0n) is 19.7. The highest BCUT2D eigenvalue weighted by atomic mass is 16.6. The van der Waals surface area contributed by atoms with Crippen LogP contribution in [-0.2, 0) is 9.47 Å². The van der Waals surface area contributed by atoms with Gasteiger partial charge in [-0.25, -0.2) is 4.79 Å². The SMILES string of the molecule is CC(C)OC(=O)Nc1ccc(-c2c(C#N)c3cc(N4CCOCC4)ccc3n2C2CCC2)cc1. The number of nitriles is 1. The summed E-state index contributed by atoms with van der Waals surface area (Å²) < 4.78 is 13.0. The molecule has 2 aliphatic rings. The number of carbonyl (C=O) groups is 1. The van der Waals surface area contributed by atoms with Gasteiger partial charge < -0.3 is 18.9 Å². The maximum absolute atomic E-state index is 12.0. The van der Waals surface area contributed by atoms with Crippen LogP contribution in [0.4, 0.5) is 16.2 Å². The summed E-state index contributed by atoms with van der Waals surface area (Å²) in [6.07, 6.45) is 2.79. The van der Waals surface area contributed by atoms with Crippen LogP contribution in [-0.4, -0.2) is 43.1 Å². The summed E-state index contributed by atoms with van der Waals surface area (Å²) in [7, 11) is 0. The van der Waals surface area contributed by atoms with E-state index in [0.29, 0.717) is 17.3 Å². The van der Waals surface area contributed by atoms with Gasteiger partial charge >= 0.3 is 6.09 Å². The van der Waals surface area contributed by atoms with Gasteiger partial charge in [0.15, 0.2) is 0 Å². The van der Waals surface area contributed by atoms with E-state index in [1.54, 1.807) is 0 Å². The second-order valence-corrected chi connectivity index (χ2v) is 9.25. The van der Waals surface area contributed by atoms with Gasteiger partial charge in [-0.1, -0.05) is 12.1 Å². The minimum atomic E-state index is -0.473. The maximum atomic E-state index is 12.0. The standard InChI is InChI=1S/C27H30N4O3/c1-18(2)34-27(32)29-20-8-6-19(7-9-20)26-24(17-28)23-16-22(30-12-14-33-15-13-30)10-11-25(23)31(26)21-4-3-5-21/h6-11,16,18,21H,3-5,12-15H2,1-2H3,(H,29,32). The fourth-order valence-corrected chi connectivity index (χ4v) is 4.81. The van der Waals surface area contributed by atoms with Crippen molar-refractivity contribution in [2.24, 2.45) is 0 Å². The summed E-state index contributed by atoms with van der Waals surface area (Å²) >= 11 is 0. The van der Waals surface area contributed by atoms with Crippen LogP contribution in [0, 0.1) is 11.3 Å². The predicted octanol–water partition coefficient (Wildman–Crippen LogP) is 5.70. The normalized spacial score (nSPS) is 16.4. The number of nitrogens with zero attached hydrogens (tertiary/aromatic N) is 3. The number of fused-ring (bicyclic) bond motifs is 1. The highest BCUT2D eigenvalue weighted by molar-refractivity contribution is 5.97. The van der Waals surface area contributed by atoms with Crippen molar-refractivity contribution in [1.29, 1.82) is 5.26 Å². The predicted molar refractivity (Wildman–Crippen MR) is 133 cm³/mol. The van der Waals surface area contributed by atoms with Crippen molar-refractivity contribution in [3.63, 3.8) is 0 Å². The van der Waals surface area contributed by atoms with Gasteiger partial charge in [0.25, 0.3) is 0 Å². The van der Waals surface area contributed by atoms with E-state index in [9.17, 15) is 10.1 Å². The molecular formula is C27H30N4O3. The summed E-state index contributed by atoms with van der Waals surface area (Å²) in [5, 5.41) is 14.0. The van der Waals surface area contributed by atoms with Crippen molar-refractivity contribution in [1.82, 2.24) is 4.57 Å². The van der Waals surface area contributed by atoms with E-state index in [1.165, 1.54) is 6.42 Å². The number of benzene rings is 2. The zero-order valence-corrected chi connectivity index (χ0v) is 19.7. The molecule has 0 radical (unpaired) electrons. The van der Waals surface area contributed by atoms with E-state index >= 15 is 0 Å². The molecule has 2 aromatic carbocycles. The van der Waals surface area contributed by atoms with E-state index < -0.39 is 6.09 Å². The molecule has 34 heavy (non-hydrogen) atoms. The summed E-state index contributed by atoms with van der Waals surface area (Å²) in [5.41, 5.74) is 5.53. The molecule has 2 heterocycles. The minimum absolute atomic E-state index is 0.182. The molecule has 176 valence electrons. The Labute approximate surface area is 199 Å². The lowest BCUT2D eigenvalue weighted by molar-refractivity contribution is 0.122. The van der Waals surface area contributed by atoms with E-state index in [2.05, 4.69) is 39.1 Å². The molecule has 1 saturated carbocycles. The van der Waals surface area contributed by atoms with Gasteiger partial charge in [0.05, 0.1) is 36.1 Å². The second-order valence-electron chi connectivity index (χ2n) is 9.25. The van der Waals surface area contributed by atoms with E-state index in [0.717, 1.165) is 67.0 Å². The summed E-state index contributed by atoms with van der Waals surface area (Å²) in [6, 6.07) is 17.1. The van der Waals surface area contributed by atoms with Crippen molar-refractivity contribution in [3.05, 3.63) is 48.0 Å². The van der Waals surface area contributed by atoms with Crippen LogP contribution in [0.3, 0.4) is 0 Å². The maximum Gasteiger partial charge on any atom is 0.411 e. The Hall–Kier alpha value is -3.50. The van der Waals surface area contributed by atoms with Gasteiger partial charge in [-0.2, -0.15) is 5.26 Å². The van der Waals surface area contributed by atoms with Crippen LogP contribution < -0.4 is 10.2 Å². The molecule has 0 unspecified atom stereocenters. The van der Waals surface area contributed by atoms with E-state index in [1.807, 2.05) is 38.1 Å². The second kappa shape index (κ2) is 9.40. The van der Waals surface area contributed by atoms with Gasteiger partial charge in [0, 0.05) is 35.9 Å². The fourth-order valence-electron chi connectivity index (χ4n) is 4.81. The van der Waals surface area contributed by atoms with Gasteiger partial charge in [-0.3, -0.25) is 5.32 Å². The number of morpholine rings is 1. The average Bonchev–Trinajstić information content (AvgIpc) is 3.11. The lowest BCUT2D eigenvalue weighted by Gasteiger charge is -2.31. The van der Waals surface area contributed by atoms with Crippen molar-refractivity contribution in [3.8, 4) is 17.3 Å². The van der Waals surface area contributed by atoms with Crippen LogP contribution in [0.25, 0.3) is 22.2 Å². The van der Waals surface area contributed by atoms with Gasteiger partial charge in [-0.05, 0) is 69.0 Å². The molecule has 7 nitrogen and oxygen atoms in total. The number of ether oxygens (including phenoxy) is 2. The van der Waals surface area contributed by atoms with Gasteiger partial charge in [0.2, 0.25) is 0 Å². The number of amides is 1. The van der Waals surface area contributed by atoms with Crippen molar-refractivity contribution in [2.45, 2.75) is 45.3 Å². The first-order valence-electron chi connectivity index (χ1n) is 12.0. The fraction of sp³-hybridized carbons (Fsp3) is 0.407. The molecule has 1 aromatic heterocycles. The Morgan fingerprint density at radius 3 is 2.50 bits per heavy atom.